The second kappa shape index (κ2) is 17.6. The van der Waals surface area contributed by atoms with Crippen LogP contribution in [0.25, 0.3) is 11.1 Å². The van der Waals surface area contributed by atoms with Crippen LogP contribution in [0.4, 0.5) is 4.39 Å². The van der Waals surface area contributed by atoms with Gasteiger partial charge in [0.25, 0.3) is 0 Å². The molecule has 2 saturated carbocycles. The zero-order valence-corrected chi connectivity index (χ0v) is 25.5. The molecule has 2 N–H and O–H groups in total. The maximum atomic E-state index is 15.2. The Balaban J connectivity index is 0.000000850. The topological polar surface area (TPSA) is 57.5 Å². The summed E-state index contributed by atoms with van der Waals surface area (Å²) in [6.07, 6.45) is 16.3. The summed E-state index contributed by atoms with van der Waals surface area (Å²) < 4.78 is 15.2. The molecule has 2 aliphatic carbocycles. The third-order valence-corrected chi connectivity index (χ3v) is 9.59. The lowest BCUT2D eigenvalue weighted by Crippen LogP contribution is -2.24. The molecule has 0 amide bonds. The third-order valence-electron chi connectivity index (χ3n) is 9.59. The molecule has 0 saturated heterocycles. The largest absolute Gasteiger partial charge is 0.396 e. The van der Waals surface area contributed by atoms with Crippen molar-refractivity contribution >= 4 is 6.29 Å². The van der Waals surface area contributed by atoms with Gasteiger partial charge < -0.3 is 10.2 Å². The Kier molecular flexibility index (Phi) is 14.3. The van der Waals surface area contributed by atoms with Crippen LogP contribution < -0.4 is 0 Å². The maximum absolute atomic E-state index is 15.2. The van der Waals surface area contributed by atoms with Gasteiger partial charge in [-0.05, 0) is 123 Å². The fourth-order valence-electron chi connectivity index (χ4n) is 6.99. The summed E-state index contributed by atoms with van der Waals surface area (Å²) in [6, 6.07) is 14.5. The van der Waals surface area contributed by atoms with Gasteiger partial charge in [0.05, 0.1) is 0 Å². The standard InChI is InChI=1S/C33H47FO2.C4H6O/c1-2-3-4-5-24-6-8-25(9-7-24)26-14-16-29(17-15-26)32-19-18-30(22-33(32)34)27-10-12-28(13-11-27)31(23-36)20-21-35;1-4(2)3-5/h14-19,22,24-25,27-28,31,35-36H,2-13,20-21,23H2,1H3;3H,1H2,2H3. The minimum Gasteiger partial charge on any atom is -0.396 e. The van der Waals surface area contributed by atoms with Gasteiger partial charge in [-0.1, -0.05) is 75.6 Å². The van der Waals surface area contributed by atoms with Crippen molar-refractivity contribution in [2.75, 3.05) is 13.2 Å². The molecule has 0 spiro atoms. The van der Waals surface area contributed by atoms with E-state index in [-0.39, 0.29) is 24.9 Å². The van der Waals surface area contributed by atoms with Crippen molar-refractivity contribution in [3.63, 3.8) is 0 Å². The Morgan fingerprint density at radius 2 is 1.51 bits per heavy atom. The first kappa shape index (κ1) is 33.2. The molecule has 0 aromatic heterocycles. The Morgan fingerprint density at radius 3 is 2.05 bits per heavy atom. The zero-order valence-electron chi connectivity index (χ0n) is 25.5. The first-order valence-electron chi connectivity index (χ1n) is 16.1. The molecule has 226 valence electrons. The van der Waals surface area contributed by atoms with Crippen molar-refractivity contribution in [1.29, 1.82) is 0 Å². The monoisotopic (exact) mass is 564 g/mol. The number of aliphatic hydroxyl groups is 2. The van der Waals surface area contributed by atoms with Crippen molar-refractivity contribution in [3.8, 4) is 11.1 Å². The average molecular weight is 565 g/mol. The number of carbonyl (C=O) groups excluding carboxylic acids is 1. The molecule has 41 heavy (non-hydrogen) atoms. The lowest BCUT2D eigenvalue weighted by molar-refractivity contribution is -0.104. The van der Waals surface area contributed by atoms with Crippen LogP contribution in [0.2, 0.25) is 0 Å². The highest BCUT2D eigenvalue weighted by Gasteiger charge is 2.28. The van der Waals surface area contributed by atoms with Crippen molar-refractivity contribution in [2.45, 2.75) is 109 Å². The summed E-state index contributed by atoms with van der Waals surface area (Å²) >= 11 is 0. The van der Waals surface area contributed by atoms with Gasteiger partial charge in [0.2, 0.25) is 0 Å². The van der Waals surface area contributed by atoms with Gasteiger partial charge in [-0.15, -0.1) is 0 Å². The summed E-state index contributed by atoms with van der Waals surface area (Å²) in [7, 11) is 0. The molecular weight excluding hydrogens is 511 g/mol. The smallest absolute Gasteiger partial charge is 0.145 e. The van der Waals surface area contributed by atoms with E-state index in [1.54, 1.807) is 13.0 Å². The number of hydrogen-bond acceptors (Lipinski definition) is 3. The molecule has 0 aliphatic heterocycles. The average Bonchev–Trinajstić information content (AvgIpc) is 3.01. The molecule has 1 unspecified atom stereocenters. The highest BCUT2D eigenvalue weighted by Crippen LogP contribution is 2.41. The van der Waals surface area contributed by atoms with Gasteiger partial charge in [-0.2, -0.15) is 0 Å². The third kappa shape index (κ3) is 10.2. The zero-order chi connectivity index (χ0) is 29.6. The molecule has 2 fully saturated rings. The summed E-state index contributed by atoms with van der Waals surface area (Å²) in [5.74, 6) is 2.51. The highest BCUT2D eigenvalue weighted by molar-refractivity contribution is 5.70. The van der Waals surface area contributed by atoms with E-state index in [9.17, 15) is 15.0 Å². The number of benzene rings is 2. The molecule has 2 aromatic carbocycles. The molecule has 4 rings (SSSR count). The summed E-state index contributed by atoms with van der Waals surface area (Å²) in [4.78, 5) is 9.41. The van der Waals surface area contributed by atoms with Crippen LogP contribution in [0.15, 0.2) is 54.6 Å². The molecule has 0 heterocycles. The lowest BCUT2D eigenvalue weighted by atomic mass is 9.73. The van der Waals surface area contributed by atoms with Crippen LogP contribution in [0.5, 0.6) is 0 Å². The number of allylic oxidation sites excluding steroid dienone is 1. The van der Waals surface area contributed by atoms with E-state index < -0.39 is 0 Å². The van der Waals surface area contributed by atoms with E-state index in [0.29, 0.717) is 35.3 Å². The predicted molar refractivity (Wildman–Crippen MR) is 169 cm³/mol. The first-order valence-corrected chi connectivity index (χ1v) is 16.1. The van der Waals surface area contributed by atoms with Gasteiger partial charge in [0.1, 0.15) is 12.1 Å². The normalized spacial score (nSPS) is 23.2. The molecule has 3 nitrogen and oxygen atoms in total. The summed E-state index contributed by atoms with van der Waals surface area (Å²) in [5.41, 5.74) is 4.76. The highest BCUT2D eigenvalue weighted by atomic mass is 19.1. The van der Waals surface area contributed by atoms with Crippen LogP contribution in [0.1, 0.15) is 120 Å². The quantitative estimate of drug-likeness (QED) is 0.153. The van der Waals surface area contributed by atoms with Crippen molar-refractivity contribution in [1.82, 2.24) is 0 Å². The Bertz CT molecular complexity index is 1050. The van der Waals surface area contributed by atoms with Crippen LogP contribution in [0.3, 0.4) is 0 Å². The number of aliphatic hydroxyl groups excluding tert-OH is 2. The predicted octanol–water partition coefficient (Wildman–Crippen LogP) is 9.37. The minimum atomic E-state index is -0.122. The van der Waals surface area contributed by atoms with E-state index in [2.05, 4.69) is 43.8 Å². The number of aldehydes is 1. The first-order chi connectivity index (χ1) is 19.9. The van der Waals surface area contributed by atoms with Crippen molar-refractivity contribution in [3.05, 3.63) is 71.6 Å². The van der Waals surface area contributed by atoms with Crippen LogP contribution in [-0.2, 0) is 4.79 Å². The van der Waals surface area contributed by atoms with Crippen LogP contribution in [-0.4, -0.2) is 29.7 Å². The molecule has 4 heteroatoms. The van der Waals surface area contributed by atoms with E-state index in [4.69, 9.17) is 0 Å². The summed E-state index contributed by atoms with van der Waals surface area (Å²) in [5, 5.41) is 18.9. The Hall–Kier alpha value is -2.30. The fourth-order valence-corrected chi connectivity index (χ4v) is 6.99. The maximum Gasteiger partial charge on any atom is 0.145 e. The van der Waals surface area contributed by atoms with Gasteiger partial charge in [-0.25, -0.2) is 4.39 Å². The number of carbonyl (C=O) groups is 1. The minimum absolute atomic E-state index is 0.122. The van der Waals surface area contributed by atoms with Crippen LogP contribution >= 0.6 is 0 Å². The molecule has 2 aliphatic rings. The van der Waals surface area contributed by atoms with Gasteiger partial charge in [-0.3, -0.25) is 4.79 Å². The van der Waals surface area contributed by atoms with Crippen molar-refractivity contribution in [2.24, 2.45) is 17.8 Å². The number of unbranched alkanes of at least 4 members (excludes halogenated alkanes) is 2. The number of hydrogen-bond donors (Lipinski definition) is 2. The second-order valence-electron chi connectivity index (χ2n) is 12.6. The Morgan fingerprint density at radius 1 is 0.927 bits per heavy atom. The summed E-state index contributed by atoms with van der Waals surface area (Å²) in [6.45, 7) is 7.53. The number of rotatable bonds is 12. The second-order valence-corrected chi connectivity index (χ2v) is 12.6. The van der Waals surface area contributed by atoms with Crippen molar-refractivity contribution < 1.29 is 19.4 Å². The van der Waals surface area contributed by atoms with Gasteiger partial charge in [0, 0.05) is 18.8 Å². The molecule has 0 bridgehead atoms. The fraction of sp³-hybridized carbons (Fsp3) is 0.595. The van der Waals surface area contributed by atoms with E-state index in [1.807, 2.05) is 6.07 Å². The number of halogens is 1. The van der Waals surface area contributed by atoms with Crippen LogP contribution in [0, 0.1) is 23.6 Å². The van der Waals surface area contributed by atoms with Gasteiger partial charge in [0.15, 0.2) is 0 Å². The molecule has 0 radical (unpaired) electrons. The van der Waals surface area contributed by atoms with E-state index in [0.717, 1.165) is 49.0 Å². The van der Waals surface area contributed by atoms with E-state index in [1.165, 1.54) is 56.9 Å². The lowest BCUT2D eigenvalue weighted by Gasteiger charge is -2.33. The molecule has 2 aromatic rings. The molecular formula is C37H53FO3. The Labute approximate surface area is 248 Å². The SMILES string of the molecule is C=C(C)C=O.CCCCCC1CCC(c2ccc(-c3ccc(C4CCC(C(CO)CCO)CC4)cc3F)cc2)CC1. The molecule has 1 atom stereocenters. The van der Waals surface area contributed by atoms with E-state index >= 15 is 4.39 Å². The van der Waals surface area contributed by atoms with Gasteiger partial charge >= 0.3 is 0 Å².